The fourth-order valence-corrected chi connectivity index (χ4v) is 3.33. The number of hydrogen-bond acceptors (Lipinski definition) is 4. The van der Waals surface area contributed by atoms with E-state index in [1.807, 2.05) is 0 Å². The summed E-state index contributed by atoms with van der Waals surface area (Å²) in [4.78, 5) is 25.2. The van der Waals surface area contributed by atoms with Crippen LogP contribution in [0.25, 0.3) is 0 Å². The summed E-state index contributed by atoms with van der Waals surface area (Å²) >= 11 is 0. The Hall–Kier alpha value is -1.81. The molecule has 2 aliphatic rings. The first-order chi connectivity index (χ1) is 11.5. The molecule has 0 radical (unpaired) electrons. The molecule has 2 N–H and O–H groups in total. The first-order valence-electron chi connectivity index (χ1n) is 8.77. The van der Waals surface area contributed by atoms with Crippen LogP contribution in [-0.4, -0.2) is 56.2 Å². The van der Waals surface area contributed by atoms with E-state index in [1.165, 1.54) is 4.90 Å². The first kappa shape index (κ1) is 18.5. The molecule has 1 aliphatic carbocycles. The highest BCUT2D eigenvalue weighted by Crippen LogP contribution is 2.27. The van der Waals surface area contributed by atoms with Gasteiger partial charge in [0.2, 0.25) is 0 Å². The molecule has 2 fully saturated rings. The number of nitrogens with one attached hydrogen (secondary N) is 2. The molecule has 1 saturated carbocycles. The number of hydrogen-bond donors (Lipinski definition) is 2. The topological polar surface area (TPSA) is 94.5 Å². The molecule has 134 valence electrons. The van der Waals surface area contributed by atoms with E-state index >= 15 is 0 Å². The molecule has 7 heteroatoms. The smallest absolute Gasteiger partial charge is 0.314 e. The van der Waals surface area contributed by atoms with Gasteiger partial charge in [-0.05, 0) is 44.4 Å². The monoisotopic (exact) mass is 336 g/mol. The van der Waals surface area contributed by atoms with Gasteiger partial charge in [-0.3, -0.25) is 4.79 Å². The van der Waals surface area contributed by atoms with Gasteiger partial charge in [0.05, 0.1) is 12.2 Å². The predicted molar refractivity (Wildman–Crippen MR) is 89.1 cm³/mol. The van der Waals surface area contributed by atoms with Gasteiger partial charge in [-0.1, -0.05) is 0 Å². The van der Waals surface area contributed by atoms with E-state index in [1.54, 1.807) is 14.1 Å². The van der Waals surface area contributed by atoms with Gasteiger partial charge in [0.25, 0.3) is 5.91 Å². The first-order valence-corrected chi connectivity index (χ1v) is 8.77. The molecule has 2 rings (SSSR count). The number of ether oxygens (including phenoxy) is 1. The predicted octanol–water partition coefficient (Wildman–Crippen LogP) is 1.25. The molecule has 2 atom stereocenters. The van der Waals surface area contributed by atoms with E-state index in [9.17, 15) is 9.59 Å². The molecule has 0 aromatic heterocycles. The van der Waals surface area contributed by atoms with Crippen LogP contribution in [0.1, 0.15) is 38.5 Å². The minimum absolute atomic E-state index is 0.0186. The summed E-state index contributed by atoms with van der Waals surface area (Å²) in [6.07, 6.45) is 4.86. The Morgan fingerprint density at radius 2 is 1.75 bits per heavy atom. The third kappa shape index (κ3) is 5.38. The highest BCUT2D eigenvalue weighted by Gasteiger charge is 2.31. The summed E-state index contributed by atoms with van der Waals surface area (Å²) in [7, 11) is 3.43. The van der Waals surface area contributed by atoms with Gasteiger partial charge in [-0.2, -0.15) is 5.26 Å². The zero-order valence-corrected chi connectivity index (χ0v) is 14.6. The van der Waals surface area contributed by atoms with Crippen LogP contribution in [-0.2, 0) is 9.53 Å². The quantitative estimate of drug-likeness (QED) is 0.790. The minimum Gasteiger partial charge on any atom is -0.363 e. The average molecular weight is 336 g/mol. The van der Waals surface area contributed by atoms with Crippen LogP contribution in [0.3, 0.4) is 0 Å². The number of carbonyl (C=O) groups is 2. The Morgan fingerprint density at radius 3 is 2.38 bits per heavy atom. The number of amides is 3. The van der Waals surface area contributed by atoms with Gasteiger partial charge < -0.3 is 20.3 Å². The lowest BCUT2D eigenvalue weighted by Crippen LogP contribution is -2.42. The Balaban J connectivity index is 1.59. The van der Waals surface area contributed by atoms with E-state index in [0.717, 1.165) is 32.1 Å². The number of nitriles is 1. The van der Waals surface area contributed by atoms with E-state index in [4.69, 9.17) is 10.00 Å². The molecule has 0 bridgehead atoms. The van der Waals surface area contributed by atoms with E-state index in [2.05, 4.69) is 16.7 Å². The summed E-state index contributed by atoms with van der Waals surface area (Å²) in [5, 5.41) is 14.6. The Labute approximate surface area is 143 Å². The number of carbonyl (C=O) groups excluding carboxylic acids is 2. The third-order valence-electron chi connectivity index (χ3n) is 4.89. The van der Waals surface area contributed by atoms with Crippen molar-refractivity contribution < 1.29 is 14.3 Å². The molecule has 1 saturated heterocycles. The van der Waals surface area contributed by atoms with Gasteiger partial charge in [0.1, 0.15) is 6.10 Å². The molecule has 0 spiro atoms. The normalized spacial score (nSPS) is 29.5. The second-order valence-electron chi connectivity index (χ2n) is 6.99. The van der Waals surface area contributed by atoms with Gasteiger partial charge >= 0.3 is 6.03 Å². The molecule has 1 heterocycles. The van der Waals surface area contributed by atoms with Crippen molar-refractivity contribution in [1.82, 2.24) is 15.5 Å². The van der Waals surface area contributed by atoms with Gasteiger partial charge in [0.15, 0.2) is 0 Å². The van der Waals surface area contributed by atoms with Crippen molar-refractivity contribution in [2.24, 2.45) is 11.8 Å². The summed E-state index contributed by atoms with van der Waals surface area (Å²) in [6.45, 7) is 1.07. The van der Waals surface area contributed by atoms with Crippen LogP contribution in [0.4, 0.5) is 4.79 Å². The van der Waals surface area contributed by atoms with Crippen LogP contribution in [0.2, 0.25) is 0 Å². The summed E-state index contributed by atoms with van der Waals surface area (Å²) in [6, 6.07) is 2.13. The summed E-state index contributed by atoms with van der Waals surface area (Å²) in [5.41, 5.74) is 0. The second kappa shape index (κ2) is 8.88. The van der Waals surface area contributed by atoms with E-state index in [0.29, 0.717) is 25.4 Å². The molecule has 0 aromatic carbocycles. The van der Waals surface area contributed by atoms with Crippen LogP contribution < -0.4 is 10.6 Å². The molecule has 2 unspecified atom stereocenters. The van der Waals surface area contributed by atoms with Gasteiger partial charge in [-0.15, -0.1) is 0 Å². The van der Waals surface area contributed by atoms with Crippen molar-refractivity contribution in [3.8, 4) is 6.07 Å². The van der Waals surface area contributed by atoms with E-state index < -0.39 is 0 Å². The summed E-state index contributed by atoms with van der Waals surface area (Å²) < 4.78 is 5.69. The Bertz CT molecular complexity index is 481. The van der Waals surface area contributed by atoms with Crippen LogP contribution >= 0.6 is 0 Å². The Kier molecular flexibility index (Phi) is 6.85. The highest BCUT2D eigenvalue weighted by atomic mass is 16.5. The molecule has 7 nitrogen and oxygen atoms in total. The van der Waals surface area contributed by atoms with Crippen molar-refractivity contribution in [2.75, 3.05) is 27.2 Å². The minimum atomic E-state index is -0.384. The maximum atomic E-state index is 11.9. The standard InChI is InChI=1S/C17H28N4O3/c1-21(2)16(22)15-8-7-14(24-15)11-20-17(23)19-10-13-5-3-12(9-18)4-6-13/h12-15H,3-8,10-11H2,1-2H3,(H2,19,20,23). The maximum absolute atomic E-state index is 11.9. The number of likely N-dealkylation sites (N-methyl/N-ethyl adjacent to an activating group) is 1. The molecule has 0 aromatic rings. The SMILES string of the molecule is CN(C)C(=O)C1CCC(CNC(=O)NCC2CCC(C#N)CC2)O1. The van der Waals surface area contributed by atoms with Gasteiger partial charge in [-0.25, -0.2) is 4.79 Å². The third-order valence-corrected chi connectivity index (χ3v) is 4.89. The second-order valence-corrected chi connectivity index (χ2v) is 6.99. The van der Waals surface area contributed by atoms with Crippen molar-refractivity contribution in [3.63, 3.8) is 0 Å². The van der Waals surface area contributed by atoms with Crippen molar-refractivity contribution in [3.05, 3.63) is 0 Å². The van der Waals surface area contributed by atoms with Crippen LogP contribution in [0, 0.1) is 23.2 Å². The van der Waals surface area contributed by atoms with Gasteiger partial charge in [0, 0.05) is 33.1 Å². The summed E-state index contributed by atoms with van der Waals surface area (Å²) in [5.74, 6) is 0.632. The lowest BCUT2D eigenvalue weighted by Gasteiger charge is -2.25. The van der Waals surface area contributed by atoms with Crippen molar-refractivity contribution in [1.29, 1.82) is 5.26 Å². The number of urea groups is 1. The Morgan fingerprint density at radius 1 is 1.08 bits per heavy atom. The lowest BCUT2D eigenvalue weighted by atomic mass is 9.83. The van der Waals surface area contributed by atoms with E-state index in [-0.39, 0.29) is 30.1 Å². The number of rotatable bonds is 5. The zero-order chi connectivity index (χ0) is 17.5. The highest BCUT2D eigenvalue weighted by molar-refractivity contribution is 5.80. The van der Waals surface area contributed by atoms with Crippen LogP contribution in [0.15, 0.2) is 0 Å². The number of nitrogens with zero attached hydrogens (tertiary/aromatic N) is 2. The maximum Gasteiger partial charge on any atom is 0.314 e. The van der Waals surface area contributed by atoms with Crippen molar-refractivity contribution in [2.45, 2.75) is 50.7 Å². The molecule has 24 heavy (non-hydrogen) atoms. The lowest BCUT2D eigenvalue weighted by molar-refractivity contribution is -0.140. The molecule has 3 amide bonds. The average Bonchev–Trinajstić information content (AvgIpc) is 3.06. The molecule has 1 aliphatic heterocycles. The zero-order valence-electron chi connectivity index (χ0n) is 14.6. The molecular weight excluding hydrogens is 308 g/mol. The van der Waals surface area contributed by atoms with Crippen LogP contribution in [0.5, 0.6) is 0 Å². The van der Waals surface area contributed by atoms with Crippen molar-refractivity contribution >= 4 is 11.9 Å². The fraction of sp³-hybridized carbons (Fsp3) is 0.824. The fourth-order valence-electron chi connectivity index (χ4n) is 3.33. The molecular formula is C17H28N4O3. The largest absolute Gasteiger partial charge is 0.363 e.